The van der Waals surface area contributed by atoms with Crippen molar-refractivity contribution in [3.05, 3.63) is 64.8 Å². The van der Waals surface area contributed by atoms with Crippen LogP contribution in [-0.4, -0.2) is 121 Å². The number of benzene rings is 2. The fraction of sp³-hybridized carbons (Fsp3) is 0.514. The molecule has 0 spiro atoms. The van der Waals surface area contributed by atoms with Crippen molar-refractivity contribution in [1.29, 1.82) is 5.26 Å². The van der Waals surface area contributed by atoms with Gasteiger partial charge in [-0.05, 0) is 37.9 Å². The number of likely N-dealkylation sites (N-methyl/N-ethyl adjacent to an activating group) is 1. The van der Waals surface area contributed by atoms with Crippen molar-refractivity contribution < 1.29 is 18.3 Å². The minimum atomic E-state index is -1.28. The molecular formula is C37H43ClF2N8O2. The number of ether oxygens (including phenoxy) is 1. The molecule has 264 valence electrons. The molecule has 0 N–H and O–H groups in total. The van der Waals surface area contributed by atoms with E-state index in [1.165, 1.54) is 0 Å². The SMILES string of the molecule is CN1CC(C)(F)C[C@H]1COc1nc2c(c(N3CCN(C(=O)/C=C/CN4CC(F)C4)[C@@H](CC#N)C3)n1)CCN(c1cccc3cccc(Cl)c13)C2. The molecule has 2 aromatic carbocycles. The second-order valence-corrected chi connectivity index (χ2v) is 14.7. The molecule has 0 bridgehead atoms. The standard InChI is InChI=1S/C37H43ClF2N8O2/c1-37(40)18-28(44(2)24-37)23-50-36-42-31-22-46(32-9-4-7-25-6-3-8-30(38)34(25)32)15-12-29(31)35(43-36)47-16-17-48(27(21-47)11-13-41)33(49)10-5-14-45-19-26(39)20-45/h3-10,26-28H,11-12,14-24H2,1-2H3/b10-5+/t27-,28-,37?/m0/s1. The number of alkyl halides is 2. The van der Waals surface area contributed by atoms with Crippen LogP contribution >= 0.6 is 11.6 Å². The predicted molar refractivity (Wildman–Crippen MR) is 190 cm³/mol. The summed E-state index contributed by atoms with van der Waals surface area (Å²) in [6, 6.07) is 14.2. The molecule has 1 aromatic heterocycles. The van der Waals surface area contributed by atoms with Crippen LogP contribution in [0, 0.1) is 11.3 Å². The zero-order valence-electron chi connectivity index (χ0n) is 28.6. The number of nitrogens with zero attached hydrogens (tertiary/aromatic N) is 8. The maximum absolute atomic E-state index is 14.8. The lowest BCUT2D eigenvalue weighted by atomic mass is 10.0. The Bertz CT molecular complexity index is 1810. The third-order valence-electron chi connectivity index (χ3n) is 10.4. The van der Waals surface area contributed by atoms with Gasteiger partial charge in [-0.25, -0.2) is 8.78 Å². The third kappa shape index (κ3) is 7.22. The maximum Gasteiger partial charge on any atom is 0.318 e. The topological polar surface area (TPSA) is 92.1 Å². The Kier molecular flexibility index (Phi) is 9.83. The lowest BCUT2D eigenvalue weighted by Crippen LogP contribution is -2.55. The molecule has 3 atom stereocenters. The summed E-state index contributed by atoms with van der Waals surface area (Å²) in [5.41, 5.74) is 1.61. The molecular weight excluding hydrogens is 662 g/mol. The maximum atomic E-state index is 14.8. The van der Waals surface area contributed by atoms with Crippen molar-refractivity contribution in [2.24, 2.45) is 0 Å². The van der Waals surface area contributed by atoms with E-state index in [2.05, 4.69) is 34.1 Å². The third-order valence-corrected chi connectivity index (χ3v) is 10.7. The van der Waals surface area contributed by atoms with E-state index < -0.39 is 11.8 Å². The van der Waals surface area contributed by atoms with Gasteiger partial charge in [0.1, 0.15) is 24.3 Å². The van der Waals surface area contributed by atoms with Crippen LogP contribution in [0.3, 0.4) is 0 Å². The van der Waals surface area contributed by atoms with Crippen LogP contribution in [-0.2, 0) is 17.8 Å². The highest BCUT2D eigenvalue weighted by atomic mass is 35.5. The number of nitriles is 1. The van der Waals surface area contributed by atoms with E-state index >= 15 is 0 Å². The summed E-state index contributed by atoms with van der Waals surface area (Å²) < 4.78 is 34.3. The van der Waals surface area contributed by atoms with Crippen molar-refractivity contribution in [1.82, 2.24) is 24.7 Å². The van der Waals surface area contributed by atoms with Gasteiger partial charge in [0.25, 0.3) is 0 Å². The van der Waals surface area contributed by atoms with Crippen LogP contribution in [0.15, 0.2) is 48.6 Å². The predicted octanol–water partition coefficient (Wildman–Crippen LogP) is 4.80. The van der Waals surface area contributed by atoms with Gasteiger partial charge in [0.05, 0.1) is 35.8 Å². The average molecular weight is 705 g/mol. The van der Waals surface area contributed by atoms with E-state index in [0.717, 1.165) is 40.1 Å². The first-order valence-electron chi connectivity index (χ1n) is 17.4. The quantitative estimate of drug-likeness (QED) is 0.292. The molecule has 0 aliphatic carbocycles. The summed E-state index contributed by atoms with van der Waals surface area (Å²) in [6.07, 6.45) is 3.75. The second kappa shape index (κ2) is 14.3. The van der Waals surface area contributed by atoms with Crippen molar-refractivity contribution in [3.8, 4) is 12.1 Å². The van der Waals surface area contributed by atoms with Gasteiger partial charge in [0, 0.05) is 87.5 Å². The molecule has 4 aliphatic heterocycles. The van der Waals surface area contributed by atoms with E-state index in [9.17, 15) is 18.8 Å². The van der Waals surface area contributed by atoms with Crippen LogP contribution in [0.4, 0.5) is 20.3 Å². The first-order chi connectivity index (χ1) is 24.1. The van der Waals surface area contributed by atoms with Crippen molar-refractivity contribution >= 4 is 39.8 Å². The molecule has 50 heavy (non-hydrogen) atoms. The summed E-state index contributed by atoms with van der Waals surface area (Å²) >= 11 is 6.72. The normalized spacial score (nSPS) is 24.8. The highest BCUT2D eigenvalue weighted by Gasteiger charge is 2.40. The van der Waals surface area contributed by atoms with Gasteiger partial charge in [0.15, 0.2) is 0 Å². The Morgan fingerprint density at radius 2 is 1.92 bits per heavy atom. The Morgan fingerprint density at radius 1 is 1.12 bits per heavy atom. The van der Waals surface area contributed by atoms with Gasteiger partial charge in [0.2, 0.25) is 5.91 Å². The van der Waals surface area contributed by atoms with Crippen molar-refractivity contribution in [3.63, 3.8) is 0 Å². The van der Waals surface area contributed by atoms with Crippen LogP contribution in [0.25, 0.3) is 10.8 Å². The molecule has 0 radical (unpaired) electrons. The average Bonchev–Trinajstić information content (AvgIpc) is 3.36. The lowest BCUT2D eigenvalue weighted by molar-refractivity contribution is -0.128. The van der Waals surface area contributed by atoms with E-state index in [-0.39, 0.29) is 37.0 Å². The highest BCUT2D eigenvalue weighted by Crippen LogP contribution is 2.37. The van der Waals surface area contributed by atoms with Crippen LogP contribution in [0.5, 0.6) is 6.01 Å². The highest BCUT2D eigenvalue weighted by molar-refractivity contribution is 6.36. The second-order valence-electron chi connectivity index (χ2n) is 14.3. The van der Waals surface area contributed by atoms with E-state index in [4.69, 9.17) is 26.3 Å². The number of hydrogen-bond donors (Lipinski definition) is 0. The van der Waals surface area contributed by atoms with E-state index in [1.54, 1.807) is 24.0 Å². The molecule has 3 fully saturated rings. The van der Waals surface area contributed by atoms with Crippen molar-refractivity contribution in [2.75, 3.05) is 75.8 Å². The Balaban J connectivity index is 1.15. The molecule has 3 aromatic rings. The Hall–Kier alpha value is -4.05. The molecule has 4 aliphatic rings. The monoisotopic (exact) mass is 704 g/mol. The fourth-order valence-corrected chi connectivity index (χ4v) is 8.13. The summed E-state index contributed by atoms with van der Waals surface area (Å²) in [5.74, 6) is 0.598. The molecule has 0 saturated carbocycles. The molecule has 7 rings (SSSR count). The zero-order valence-corrected chi connectivity index (χ0v) is 29.3. The van der Waals surface area contributed by atoms with E-state index in [1.807, 2.05) is 35.0 Å². The summed E-state index contributed by atoms with van der Waals surface area (Å²) in [4.78, 5) is 33.3. The first kappa shape index (κ1) is 34.4. The number of carbonyl (C=O) groups excluding carboxylic acids is 1. The van der Waals surface area contributed by atoms with Gasteiger partial charge in [-0.3, -0.25) is 14.6 Å². The molecule has 1 unspecified atom stereocenters. The summed E-state index contributed by atoms with van der Waals surface area (Å²) in [5, 5.41) is 12.5. The van der Waals surface area contributed by atoms with Crippen LogP contribution < -0.4 is 14.5 Å². The van der Waals surface area contributed by atoms with Gasteiger partial charge in [-0.15, -0.1) is 0 Å². The lowest BCUT2D eigenvalue weighted by Gasteiger charge is -2.42. The van der Waals surface area contributed by atoms with Crippen LogP contribution in [0.2, 0.25) is 5.02 Å². The van der Waals surface area contributed by atoms with Gasteiger partial charge in [-0.1, -0.05) is 41.9 Å². The largest absolute Gasteiger partial charge is 0.462 e. The molecule has 1 amide bonds. The molecule has 10 nitrogen and oxygen atoms in total. The number of likely N-dealkylation sites (tertiary alicyclic amines) is 2. The number of hydrogen-bond acceptors (Lipinski definition) is 9. The zero-order chi connectivity index (χ0) is 35.0. The van der Waals surface area contributed by atoms with E-state index in [0.29, 0.717) is 70.2 Å². The molecule has 3 saturated heterocycles. The minimum absolute atomic E-state index is 0.107. The summed E-state index contributed by atoms with van der Waals surface area (Å²) in [7, 11) is 1.90. The first-order valence-corrected chi connectivity index (χ1v) is 17.8. The molecule has 5 heterocycles. The van der Waals surface area contributed by atoms with Crippen molar-refractivity contribution in [2.45, 2.75) is 56.7 Å². The molecule has 13 heteroatoms. The number of anilines is 2. The summed E-state index contributed by atoms with van der Waals surface area (Å²) in [6.45, 7) is 6.14. The number of amides is 1. The fourth-order valence-electron chi connectivity index (χ4n) is 7.85. The number of piperazine rings is 1. The van der Waals surface area contributed by atoms with Crippen LogP contribution in [0.1, 0.15) is 31.0 Å². The van der Waals surface area contributed by atoms with Gasteiger partial charge < -0.3 is 19.4 Å². The minimum Gasteiger partial charge on any atom is -0.462 e. The van der Waals surface area contributed by atoms with Gasteiger partial charge in [-0.2, -0.15) is 15.2 Å². The number of rotatable bonds is 9. The Labute approximate surface area is 296 Å². The smallest absolute Gasteiger partial charge is 0.318 e. The number of aromatic nitrogens is 2. The number of fused-ring (bicyclic) bond motifs is 2. The number of carbonyl (C=O) groups is 1. The Morgan fingerprint density at radius 3 is 2.66 bits per heavy atom. The van der Waals surface area contributed by atoms with Gasteiger partial charge >= 0.3 is 6.01 Å². The number of halogens is 3.